The molecule has 2 N–H and O–H groups in total. The fourth-order valence-electron chi connectivity index (χ4n) is 3.11. The lowest BCUT2D eigenvalue weighted by atomic mass is 10.2. The summed E-state index contributed by atoms with van der Waals surface area (Å²) in [5.74, 6) is -0.494. The van der Waals surface area contributed by atoms with Crippen LogP contribution in [0.2, 0.25) is 0 Å². The Hall–Kier alpha value is -4.10. The van der Waals surface area contributed by atoms with Crippen LogP contribution in [0.25, 0.3) is 16.9 Å². The number of hydrogen-bond acceptors (Lipinski definition) is 6. The van der Waals surface area contributed by atoms with Gasteiger partial charge in [0.15, 0.2) is 0 Å². The highest BCUT2D eigenvalue weighted by molar-refractivity contribution is 7.89. The van der Waals surface area contributed by atoms with E-state index in [4.69, 9.17) is 0 Å². The number of benzene rings is 1. The van der Waals surface area contributed by atoms with Crippen LogP contribution in [0.1, 0.15) is 16.1 Å². The number of amides is 1. The highest BCUT2D eigenvalue weighted by Gasteiger charge is 2.36. The molecular weight excluding hydrogens is 485 g/mol. The Balaban J connectivity index is 1.56. The summed E-state index contributed by atoms with van der Waals surface area (Å²) in [7, 11) is -2.38. The van der Waals surface area contributed by atoms with Crippen molar-refractivity contribution in [1.82, 2.24) is 24.5 Å². The van der Waals surface area contributed by atoms with E-state index < -0.39 is 27.8 Å². The number of rotatable bonds is 6. The van der Waals surface area contributed by atoms with Crippen LogP contribution in [-0.4, -0.2) is 41.1 Å². The van der Waals surface area contributed by atoms with Gasteiger partial charge in [-0.15, -0.1) is 0 Å². The molecule has 35 heavy (non-hydrogen) atoms. The van der Waals surface area contributed by atoms with Gasteiger partial charge in [-0.2, -0.15) is 18.3 Å². The smallest absolute Gasteiger partial charge is 0.307 e. The van der Waals surface area contributed by atoms with E-state index in [2.05, 4.69) is 25.1 Å². The summed E-state index contributed by atoms with van der Waals surface area (Å²) in [4.78, 5) is 20.4. The summed E-state index contributed by atoms with van der Waals surface area (Å²) in [5, 5.41) is 6.58. The number of carbonyl (C=O) groups is 1. The number of halogens is 3. The lowest BCUT2D eigenvalue weighted by Gasteiger charge is -2.11. The van der Waals surface area contributed by atoms with Gasteiger partial charge in [-0.25, -0.2) is 22.8 Å². The average Bonchev–Trinajstić information content (AvgIpc) is 3.31. The summed E-state index contributed by atoms with van der Waals surface area (Å²) < 4.78 is 67.4. The number of hydrogen-bond donors (Lipinski definition) is 2. The van der Waals surface area contributed by atoms with E-state index in [-0.39, 0.29) is 27.7 Å². The van der Waals surface area contributed by atoms with Crippen LogP contribution in [-0.2, 0) is 16.2 Å². The summed E-state index contributed by atoms with van der Waals surface area (Å²) in [5.41, 5.74) is -0.286. The minimum atomic E-state index is -4.67. The molecule has 0 saturated heterocycles. The molecule has 0 aliphatic carbocycles. The predicted molar refractivity (Wildman–Crippen MR) is 120 cm³/mol. The van der Waals surface area contributed by atoms with Gasteiger partial charge in [-0.05, 0) is 61.6 Å². The molecule has 180 valence electrons. The van der Waals surface area contributed by atoms with Crippen molar-refractivity contribution >= 4 is 21.7 Å². The average molecular weight is 502 g/mol. The number of carbonyl (C=O) groups excluding carboxylic acids is 1. The molecule has 13 heteroatoms. The van der Waals surface area contributed by atoms with Gasteiger partial charge in [0.25, 0.3) is 5.91 Å². The number of sulfonamides is 1. The quantitative estimate of drug-likeness (QED) is 0.417. The van der Waals surface area contributed by atoms with Gasteiger partial charge >= 0.3 is 6.18 Å². The molecule has 1 aromatic carbocycles. The molecule has 0 bridgehead atoms. The molecule has 0 atom stereocenters. The Kier molecular flexibility index (Phi) is 6.37. The second-order valence-electron chi connectivity index (χ2n) is 7.15. The fraction of sp³-hybridized carbons (Fsp3) is 0.0909. The van der Waals surface area contributed by atoms with Crippen LogP contribution >= 0.6 is 0 Å². The predicted octanol–water partition coefficient (Wildman–Crippen LogP) is 3.51. The second-order valence-corrected chi connectivity index (χ2v) is 9.04. The van der Waals surface area contributed by atoms with E-state index in [1.807, 2.05) is 0 Å². The first-order valence-corrected chi connectivity index (χ1v) is 11.5. The van der Waals surface area contributed by atoms with Crippen molar-refractivity contribution < 1.29 is 26.4 Å². The van der Waals surface area contributed by atoms with Crippen LogP contribution in [0.15, 0.2) is 78.1 Å². The van der Waals surface area contributed by atoms with Gasteiger partial charge in [-0.3, -0.25) is 9.78 Å². The topological polar surface area (TPSA) is 119 Å². The molecule has 0 saturated carbocycles. The molecule has 0 aliphatic heterocycles. The molecule has 0 radical (unpaired) electrons. The number of anilines is 1. The van der Waals surface area contributed by atoms with Crippen LogP contribution < -0.4 is 10.0 Å². The van der Waals surface area contributed by atoms with Crippen molar-refractivity contribution in [2.24, 2.45) is 0 Å². The third-order valence-corrected chi connectivity index (χ3v) is 6.32. The third kappa shape index (κ3) is 5.20. The molecule has 3 heterocycles. The Bertz CT molecular complexity index is 1450. The van der Waals surface area contributed by atoms with E-state index >= 15 is 0 Å². The first-order chi connectivity index (χ1) is 16.6. The van der Waals surface area contributed by atoms with E-state index in [0.29, 0.717) is 5.56 Å². The van der Waals surface area contributed by atoms with Crippen molar-refractivity contribution in [2.75, 3.05) is 12.4 Å². The molecular formula is C22H17F3N6O3S. The van der Waals surface area contributed by atoms with Crippen molar-refractivity contribution in [3.63, 3.8) is 0 Å². The maximum Gasteiger partial charge on any atom is 0.433 e. The maximum absolute atomic E-state index is 13.6. The van der Waals surface area contributed by atoms with Crippen LogP contribution in [0.5, 0.6) is 0 Å². The Morgan fingerprint density at radius 2 is 1.77 bits per heavy atom. The minimum Gasteiger partial charge on any atom is -0.307 e. The minimum absolute atomic E-state index is 0.00984. The largest absolute Gasteiger partial charge is 0.433 e. The van der Waals surface area contributed by atoms with E-state index in [9.17, 15) is 26.4 Å². The van der Waals surface area contributed by atoms with Crippen molar-refractivity contribution in [3.8, 4) is 16.9 Å². The summed E-state index contributed by atoms with van der Waals surface area (Å²) in [6, 6.07) is 12.0. The number of alkyl halides is 3. The molecule has 0 aliphatic rings. The Morgan fingerprint density at radius 3 is 2.34 bits per heavy atom. The molecule has 4 rings (SSSR count). The van der Waals surface area contributed by atoms with E-state index in [1.54, 1.807) is 12.1 Å². The summed E-state index contributed by atoms with van der Waals surface area (Å²) >= 11 is 0. The summed E-state index contributed by atoms with van der Waals surface area (Å²) in [6.07, 6.45) is -0.619. The zero-order valence-corrected chi connectivity index (χ0v) is 18.8. The van der Waals surface area contributed by atoms with E-state index in [0.717, 1.165) is 16.9 Å². The molecule has 0 spiro atoms. The Morgan fingerprint density at radius 1 is 1.03 bits per heavy atom. The van der Waals surface area contributed by atoms with Gasteiger partial charge < -0.3 is 5.32 Å². The zero-order chi connectivity index (χ0) is 25.2. The standard InChI is InChI=1S/C22H17F3N6O3S/c1-26-35(33,34)17-7-4-14(5-8-17)21(32)29-20-9-6-16(13-28-20)31-19(22(23,24)25)11-18(30-31)15-3-2-10-27-12-15/h2-13,26H,1H3,(H,28,29,32). The number of nitrogens with zero attached hydrogens (tertiary/aromatic N) is 4. The molecule has 3 aromatic heterocycles. The molecule has 1 amide bonds. The second kappa shape index (κ2) is 9.27. The Labute approximate surface area is 197 Å². The molecule has 4 aromatic rings. The normalized spacial score (nSPS) is 11.9. The van der Waals surface area contributed by atoms with Crippen LogP contribution in [0, 0.1) is 0 Å². The molecule has 9 nitrogen and oxygen atoms in total. The highest BCUT2D eigenvalue weighted by atomic mass is 32.2. The number of nitrogens with one attached hydrogen (secondary N) is 2. The first-order valence-electron chi connectivity index (χ1n) is 9.97. The monoisotopic (exact) mass is 502 g/mol. The van der Waals surface area contributed by atoms with Crippen LogP contribution in [0.3, 0.4) is 0 Å². The molecule has 0 fully saturated rings. The van der Waals surface area contributed by atoms with Gasteiger partial charge in [-0.1, -0.05) is 0 Å². The zero-order valence-electron chi connectivity index (χ0n) is 18.0. The van der Waals surface area contributed by atoms with Crippen molar-refractivity contribution in [1.29, 1.82) is 0 Å². The maximum atomic E-state index is 13.6. The van der Waals surface area contributed by atoms with Gasteiger partial charge in [0.1, 0.15) is 11.5 Å². The third-order valence-electron chi connectivity index (χ3n) is 4.89. The van der Waals surface area contributed by atoms with Gasteiger partial charge in [0, 0.05) is 23.5 Å². The lowest BCUT2D eigenvalue weighted by molar-refractivity contribution is -0.142. The fourth-order valence-corrected chi connectivity index (χ4v) is 3.84. The van der Waals surface area contributed by atoms with Gasteiger partial charge in [0.2, 0.25) is 10.0 Å². The van der Waals surface area contributed by atoms with Crippen molar-refractivity contribution in [3.05, 3.63) is 84.4 Å². The lowest BCUT2D eigenvalue weighted by Crippen LogP contribution is -2.19. The number of aromatic nitrogens is 4. The first kappa shape index (κ1) is 24.0. The number of pyridine rings is 2. The van der Waals surface area contributed by atoms with Crippen LogP contribution in [0.4, 0.5) is 19.0 Å². The SMILES string of the molecule is CNS(=O)(=O)c1ccc(C(=O)Nc2ccc(-n3nc(-c4cccnc4)cc3C(F)(F)F)cn2)cc1. The van der Waals surface area contributed by atoms with Gasteiger partial charge in [0.05, 0.1) is 22.5 Å². The summed E-state index contributed by atoms with van der Waals surface area (Å²) in [6.45, 7) is 0. The van der Waals surface area contributed by atoms with Crippen molar-refractivity contribution in [2.45, 2.75) is 11.1 Å². The molecule has 0 unspecified atom stereocenters. The highest BCUT2D eigenvalue weighted by Crippen LogP contribution is 2.34. The van der Waals surface area contributed by atoms with E-state index in [1.165, 1.54) is 55.8 Å².